The predicted molar refractivity (Wildman–Crippen MR) is 283 cm³/mol. The molecule has 0 radical (unpaired) electrons. The summed E-state index contributed by atoms with van der Waals surface area (Å²) in [5, 5.41) is 154. The van der Waals surface area contributed by atoms with Crippen molar-refractivity contribution in [3.05, 3.63) is 11.6 Å². The highest BCUT2D eigenvalue weighted by atomic mass is 16.8. The zero-order valence-electron chi connectivity index (χ0n) is 49.2. The smallest absolute Gasteiger partial charge is 0.187 e. The molecule has 0 amide bonds. The van der Waals surface area contributed by atoms with Crippen LogP contribution < -0.4 is 0 Å². The molecule has 7 aliphatic heterocycles. The molecular weight excluding hydrogens is 1110 g/mol. The summed E-state index contributed by atoms with van der Waals surface area (Å²) in [4.78, 5) is 0. The summed E-state index contributed by atoms with van der Waals surface area (Å²) in [6.45, 7) is 14.8. The number of aliphatic hydroxyl groups excluding tert-OH is 13. The fourth-order valence-corrected chi connectivity index (χ4v) is 18.3. The zero-order chi connectivity index (χ0) is 60.7. The largest absolute Gasteiger partial charge is 0.394 e. The molecule has 4 saturated carbocycles. The summed E-state index contributed by atoms with van der Waals surface area (Å²) in [5.74, 6) is -0.440. The predicted octanol–water partition coefficient (Wildman–Crippen LogP) is -2.72. The summed E-state index contributed by atoms with van der Waals surface area (Å²) in [7, 11) is 0. The lowest BCUT2D eigenvalue weighted by atomic mass is 9.35. The van der Waals surface area contributed by atoms with Crippen molar-refractivity contribution in [1.82, 2.24) is 0 Å². The van der Waals surface area contributed by atoms with Crippen molar-refractivity contribution in [3.8, 4) is 0 Å². The third-order valence-corrected chi connectivity index (χ3v) is 22.5. The maximum atomic E-state index is 12.3. The number of hydrogen-bond donors (Lipinski definition) is 14. The van der Waals surface area contributed by atoms with E-state index in [1.165, 1.54) is 6.92 Å². The van der Waals surface area contributed by atoms with Crippen LogP contribution in [0.4, 0.5) is 0 Å². The minimum Gasteiger partial charge on any atom is -0.394 e. The monoisotopic (exact) mass is 1210 g/mol. The molecule has 14 N–H and O–H groups in total. The summed E-state index contributed by atoms with van der Waals surface area (Å²) >= 11 is 0. The van der Waals surface area contributed by atoms with Crippen LogP contribution in [0.25, 0.3) is 0 Å². The van der Waals surface area contributed by atoms with Crippen LogP contribution in [-0.4, -0.2) is 269 Å². The van der Waals surface area contributed by atoms with E-state index in [9.17, 15) is 71.5 Å². The average molecular weight is 1210 g/mol. The highest BCUT2D eigenvalue weighted by Gasteiger charge is 2.81. The second-order valence-corrected chi connectivity index (χ2v) is 28.2. The molecule has 2 bridgehead atoms. The van der Waals surface area contributed by atoms with Crippen molar-refractivity contribution < 1.29 is 128 Å². The van der Waals surface area contributed by atoms with Gasteiger partial charge in [-0.25, -0.2) is 0 Å². The first-order chi connectivity index (χ1) is 39.4. The Kier molecular flexibility index (Phi) is 17.9. The Bertz CT molecular complexity index is 2330. The lowest BCUT2D eigenvalue weighted by molar-refractivity contribution is -0.401. The first-order valence-corrected chi connectivity index (χ1v) is 30.3. The molecular formula is C58H94O26. The molecule has 2 spiro atoms. The first kappa shape index (κ1) is 64.2. The van der Waals surface area contributed by atoms with Gasteiger partial charge in [0.2, 0.25) is 0 Å². The van der Waals surface area contributed by atoms with Crippen LogP contribution in [0.1, 0.15) is 107 Å². The van der Waals surface area contributed by atoms with Crippen molar-refractivity contribution in [1.29, 1.82) is 0 Å². The first-order valence-electron chi connectivity index (χ1n) is 30.3. The van der Waals surface area contributed by atoms with Crippen LogP contribution in [0.3, 0.4) is 0 Å². The van der Waals surface area contributed by atoms with Gasteiger partial charge in [-0.2, -0.15) is 0 Å². The molecule has 482 valence electrons. The van der Waals surface area contributed by atoms with Crippen LogP contribution in [0, 0.1) is 45.3 Å². The van der Waals surface area contributed by atoms with Gasteiger partial charge < -0.3 is 128 Å². The van der Waals surface area contributed by atoms with Crippen molar-refractivity contribution >= 4 is 0 Å². The van der Waals surface area contributed by atoms with Crippen molar-refractivity contribution in [2.75, 3.05) is 33.0 Å². The van der Waals surface area contributed by atoms with E-state index in [0.717, 1.165) is 44.1 Å². The van der Waals surface area contributed by atoms with Gasteiger partial charge >= 0.3 is 0 Å². The van der Waals surface area contributed by atoms with E-state index in [1.807, 2.05) is 20.8 Å². The van der Waals surface area contributed by atoms with E-state index in [1.54, 1.807) is 0 Å². The van der Waals surface area contributed by atoms with Gasteiger partial charge in [-0.3, -0.25) is 0 Å². The van der Waals surface area contributed by atoms with E-state index in [2.05, 4.69) is 33.8 Å². The lowest BCUT2D eigenvalue weighted by Crippen LogP contribution is -2.68. The Labute approximate surface area is 488 Å². The van der Waals surface area contributed by atoms with E-state index >= 15 is 0 Å². The van der Waals surface area contributed by atoms with Gasteiger partial charge in [0.1, 0.15) is 104 Å². The van der Waals surface area contributed by atoms with Crippen LogP contribution in [0.2, 0.25) is 0 Å². The topological polar surface area (TPSA) is 394 Å². The standard InChI is InChI=1S/C58H94O26/c1-23(2)15-25-16-56(8,72)47-26-9-10-32-54(6)13-12-33(53(4,5)31(54)11-14-55(32,7)57(26)21-58(47,84-25)76-22-57)80-51-46(83-50-43(71)38(66)34(62)24(3)77-50)44(28(61)19-74-51)81-52-45(82-49-41(69)35(63)27(60)18-73-49)40(68)37(65)30(79-52)20-75-48-42(70)39(67)36(64)29(17-59)78-48/h15,24-52,59-72H,9-14,16-22H2,1-8H3/t24-,25-,26+,27+,28-,29+,30+,31-,32+,33-,34+,35-,36+,37+,38+,39-,40-,41+,42+,43+,44-,45+,46+,47-,48+,49-,50-,51-,52-,54-,55+,56+,57-,58-/m0/s1. The fraction of sp³-hybridized carbons (Fsp3) is 0.966. The highest BCUT2D eigenvalue weighted by molar-refractivity contribution is 5.27. The van der Waals surface area contributed by atoms with Crippen LogP contribution in [0.15, 0.2) is 11.6 Å². The molecule has 4 aliphatic carbocycles. The minimum absolute atomic E-state index is 0.110. The number of aliphatic hydroxyl groups is 14. The van der Waals surface area contributed by atoms with E-state index < -0.39 is 191 Å². The Morgan fingerprint density at radius 3 is 1.93 bits per heavy atom. The minimum atomic E-state index is -2.04. The third kappa shape index (κ3) is 10.5. The third-order valence-electron chi connectivity index (χ3n) is 22.5. The molecule has 11 fully saturated rings. The normalized spacial score (nSPS) is 57.1. The summed E-state index contributed by atoms with van der Waals surface area (Å²) in [6.07, 6.45) is -31.8. The molecule has 11 aliphatic rings. The lowest BCUT2D eigenvalue weighted by Gasteiger charge is -2.70. The molecule has 11 rings (SSSR count). The molecule has 7 heterocycles. The molecule has 0 aromatic carbocycles. The quantitative estimate of drug-likeness (QED) is 0.0658. The maximum Gasteiger partial charge on any atom is 0.187 e. The van der Waals surface area contributed by atoms with Crippen LogP contribution >= 0.6 is 0 Å². The molecule has 0 aromatic heterocycles. The number of hydrogen-bond acceptors (Lipinski definition) is 26. The fourth-order valence-electron chi connectivity index (χ4n) is 18.3. The second kappa shape index (κ2) is 23.4. The number of fused-ring (bicyclic) bond motifs is 4. The molecule has 84 heavy (non-hydrogen) atoms. The van der Waals surface area contributed by atoms with Crippen molar-refractivity contribution in [2.24, 2.45) is 45.3 Å². The van der Waals surface area contributed by atoms with Crippen molar-refractivity contribution in [3.63, 3.8) is 0 Å². The average Bonchev–Trinajstić information content (AvgIpc) is 1.44. The Morgan fingerprint density at radius 1 is 0.583 bits per heavy atom. The molecule has 26 heteroatoms. The Hall–Kier alpha value is -1.30. The van der Waals surface area contributed by atoms with Crippen LogP contribution in [-0.2, 0) is 56.8 Å². The zero-order valence-corrected chi connectivity index (χ0v) is 49.2. The van der Waals surface area contributed by atoms with Gasteiger partial charge in [0.15, 0.2) is 37.2 Å². The van der Waals surface area contributed by atoms with E-state index in [-0.39, 0.29) is 46.0 Å². The molecule has 7 saturated heterocycles. The Morgan fingerprint density at radius 2 is 1.21 bits per heavy atom. The van der Waals surface area contributed by atoms with Gasteiger partial charge in [0, 0.05) is 24.2 Å². The summed E-state index contributed by atoms with van der Waals surface area (Å²) in [6, 6.07) is 0. The van der Waals surface area contributed by atoms with E-state index in [4.69, 9.17) is 56.8 Å². The van der Waals surface area contributed by atoms with E-state index in [0.29, 0.717) is 19.4 Å². The molecule has 0 unspecified atom stereocenters. The van der Waals surface area contributed by atoms with Gasteiger partial charge in [-0.1, -0.05) is 39.3 Å². The number of rotatable bonds is 13. The highest BCUT2D eigenvalue weighted by Crippen LogP contribution is 2.80. The maximum absolute atomic E-state index is 12.3. The summed E-state index contributed by atoms with van der Waals surface area (Å²) in [5.41, 5.74) is -0.980. The summed E-state index contributed by atoms with van der Waals surface area (Å²) < 4.78 is 75.5. The van der Waals surface area contributed by atoms with Crippen LogP contribution in [0.5, 0.6) is 0 Å². The molecule has 26 nitrogen and oxygen atoms in total. The number of allylic oxidation sites excluding steroid dienone is 1. The van der Waals surface area contributed by atoms with Gasteiger partial charge in [0.25, 0.3) is 0 Å². The van der Waals surface area contributed by atoms with Gasteiger partial charge in [-0.05, 0) is 100 Å². The van der Waals surface area contributed by atoms with Gasteiger partial charge in [0.05, 0.1) is 56.9 Å². The Balaban J connectivity index is 0.870. The number of ether oxygens (including phenoxy) is 12. The van der Waals surface area contributed by atoms with Gasteiger partial charge in [-0.15, -0.1) is 0 Å². The van der Waals surface area contributed by atoms with Crippen molar-refractivity contribution in [2.45, 2.75) is 272 Å². The molecule has 0 aromatic rings. The second-order valence-electron chi connectivity index (χ2n) is 28.2. The SMILES string of the molecule is CC(C)=C[C@H]1C[C@@](C)(O)[C@@H]2[C@H]3CC[C@@H]4[C@@]5(C)CC[C@H](O[C@@H]6OC[C@H](O)[C@H](O[C@@H]7O[C@H](CO[C@@H]8O[C@H](CO)[C@@H](O)[C@H](O)[C@H]8O)[C@@H](O)[C@H](O)[C@H]7O[C@@H]7OC[C@@H](O)[C@H](O)[C@H]7O)[C@H]6O[C@@H]6O[C@@H](C)[C@@H](O)[C@@H](O)[C@H]6O)C(C)(C)[C@@H]5CC[C@@]4(C)[C@@]34CO[C@@]2(C4)O1. The molecule has 34 atom stereocenters.